The fraction of sp³-hybridized carbons (Fsp3) is 0.385. The maximum Gasteiger partial charge on any atom is 0.240 e. The maximum atomic E-state index is 13.1. The molecule has 0 aliphatic carbocycles. The van der Waals surface area contributed by atoms with Gasteiger partial charge in [0.05, 0.1) is 16.9 Å². The molecular formula is C26H30N4OS. The van der Waals surface area contributed by atoms with Crippen molar-refractivity contribution >= 4 is 28.6 Å². The highest BCUT2D eigenvalue weighted by Crippen LogP contribution is 2.34. The summed E-state index contributed by atoms with van der Waals surface area (Å²) in [5.74, 6) is 1.06. The Bertz CT molecular complexity index is 1050. The molecule has 2 fully saturated rings. The molecule has 32 heavy (non-hydrogen) atoms. The minimum atomic E-state index is -0.110. The predicted molar refractivity (Wildman–Crippen MR) is 132 cm³/mol. The first-order valence-corrected chi connectivity index (χ1v) is 12.6. The Hall–Kier alpha value is -2.41. The molecule has 5 rings (SSSR count). The molecule has 6 heteroatoms. The van der Waals surface area contributed by atoms with Gasteiger partial charge < -0.3 is 4.90 Å². The van der Waals surface area contributed by atoms with E-state index in [4.69, 9.17) is 0 Å². The molecule has 166 valence electrons. The topological polar surface area (TPSA) is 48.5 Å². The number of fused-ring (bicyclic) bond motifs is 1. The van der Waals surface area contributed by atoms with Gasteiger partial charge >= 0.3 is 0 Å². The Kier molecular flexibility index (Phi) is 6.72. The van der Waals surface area contributed by atoms with Gasteiger partial charge in [-0.3, -0.25) is 20.0 Å². The van der Waals surface area contributed by atoms with E-state index >= 15 is 0 Å². The van der Waals surface area contributed by atoms with Crippen LogP contribution in [0.4, 0.5) is 0 Å². The van der Waals surface area contributed by atoms with Gasteiger partial charge in [0.15, 0.2) is 0 Å². The van der Waals surface area contributed by atoms with Crippen molar-refractivity contribution in [3.63, 3.8) is 0 Å². The third-order valence-electron chi connectivity index (χ3n) is 6.46. The van der Waals surface area contributed by atoms with Gasteiger partial charge in [0.2, 0.25) is 5.91 Å². The van der Waals surface area contributed by atoms with Crippen LogP contribution in [0.25, 0.3) is 10.9 Å². The summed E-state index contributed by atoms with van der Waals surface area (Å²) >= 11 is 1.80. The van der Waals surface area contributed by atoms with E-state index in [1.165, 1.54) is 12.0 Å². The minimum Gasteiger partial charge on any atom is -0.339 e. The number of carbonyl (C=O) groups is 1. The van der Waals surface area contributed by atoms with E-state index in [-0.39, 0.29) is 17.3 Å². The van der Waals surface area contributed by atoms with E-state index in [0.717, 1.165) is 61.4 Å². The Labute approximate surface area is 194 Å². The number of thioether (sulfide) groups is 1. The number of carbonyl (C=O) groups excluding carboxylic acids is 1. The quantitative estimate of drug-likeness (QED) is 0.626. The normalized spacial score (nSPS) is 21.8. The van der Waals surface area contributed by atoms with Crippen molar-refractivity contribution in [1.82, 2.24) is 20.1 Å². The van der Waals surface area contributed by atoms with Gasteiger partial charge in [0.1, 0.15) is 0 Å². The number of rotatable bonds is 6. The zero-order valence-electron chi connectivity index (χ0n) is 18.3. The molecule has 2 aliphatic rings. The first kappa shape index (κ1) is 21.4. The summed E-state index contributed by atoms with van der Waals surface area (Å²) in [6.45, 7) is 4.70. The number of piperazine rings is 1. The van der Waals surface area contributed by atoms with Crippen molar-refractivity contribution in [1.29, 1.82) is 0 Å². The number of aromatic nitrogens is 1. The third kappa shape index (κ3) is 4.98. The zero-order chi connectivity index (χ0) is 21.8. The van der Waals surface area contributed by atoms with E-state index in [1.807, 2.05) is 29.3 Å². The molecule has 3 heterocycles. The molecule has 2 saturated heterocycles. The Morgan fingerprint density at radius 2 is 1.81 bits per heavy atom. The molecule has 1 N–H and O–H groups in total. The second-order valence-corrected chi connectivity index (χ2v) is 9.79. The lowest BCUT2D eigenvalue weighted by Gasteiger charge is -2.36. The number of benzene rings is 2. The molecule has 0 radical (unpaired) electrons. The third-order valence-corrected chi connectivity index (χ3v) is 7.73. The highest BCUT2D eigenvalue weighted by molar-refractivity contribution is 7.99. The number of para-hydroxylation sites is 1. The highest BCUT2D eigenvalue weighted by Gasteiger charge is 2.34. The first-order valence-electron chi connectivity index (χ1n) is 11.5. The molecule has 3 aromatic rings. The van der Waals surface area contributed by atoms with Crippen molar-refractivity contribution in [2.75, 3.05) is 38.5 Å². The lowest BCUT2D eigenvalue weighted by atomic mass is 10.1. The van der Waals surface area contributed by atoms with Gasteiger partial charge in [0, 0.05) is 43.5 Å². The molecule has 2 aliphatic heterocycles. The van der Waals surface area contributed by atoms with Crippen LogP contribution in [0, 0.1) is 0 Å². The molecular weight excluding hydrogens is 416 g/mol. The average molecular weight is 447 g/mol. The van der Waals surface area contributed by atoms with Crippen LogP contribution in [0.5, 0.6) is 0 Å². The number of nitrogens with one attached hydrogen (secondary N) is 1. The number of hydrogen-bond donors (Lipinski definition) is 1. The van der Waals surface area contributed by atoms with Crippen LogP contribution in [0.2, 0.25) is 0 Å². The molecule has 1 aromatic heterocycles. The summed E-state index contributed by atoms with van der Waals surface area (Å²) in [4.78, 5) is 22.2. The van der Waals surface area contributed by atoms with Crippen LogP contribution < -0.4 is 5.32 Å². The fourth-order valence-corrected chi connectivity index (χ4v) is 5.81. The van der Waals surface area contributed by atoms with E-state index < -0.39 is 0 Å². The van der Waals surface area contributed by atoms with Gasteiger partial charge in [-0.2, -0.15) is 0 Å². The average Bonchev–Trinajstić information content (AvgIpc) is 3.35. The van der Waals surface area contributed by atoms with E-state index in [9.17, 15) is 4.79 Å². The van der Waals surface area contributed by atoms with Gasteiger partial charge in [-0.15, -0.1) is 11.8 Å². The Balaban J connectivity index is 1.09. The first-order chi connectivity index (χ1) is 15.8. The van der Waals surface area contributed by atoms with Crippen LogP contribution >= 0.6 is 11.8 Å². The van der Waals surface area contributed by atoms with Gasteiger partial charge in [0.25, 0.3) is 0 Å². The molecule has 5 nitrogen and oxygen atoms in total. The molecule has 0 bridgehead atoms. The van der Waals surface area contributed by atoms with Crippen molar-refractivity contribution < 1.29 is 4.79 Å². The standard InChI is InChI=1S/C26H30N4OS/c31-26(30-15-13-29(14-16-30)12-6-9-20-7-2-1-3-8-20)24-19-32-25(28-24)22-17-21-10-4-5-11-23(21)27-18-22/h1-5,7-8,10-11,17-18,24-25,28H,6,9,12-16,19H2. The largest absolute Gasteiger partial charge is 0.339 e. The summed E-state index contributed by atoms with van der Waals surface area (Å²) in [7, 11) is 0. The summed E-state index contributed by atoms with van der Waals surface area (Å²) in [5, 5.41) is 4.82. The van der Waals surface area contributed by atoms with Crippen LogP contribution in [0.1, 0.15) is 22.9 Å². The van der Waals surface area contributed by atoms with Crippen molar-refractivity contribution in [3.8, 4) is 0 Å². The lowest BCUT2D eigenvalue weighted by molar-refractivity contribution is -0.134. The minimum absolute atomic E-state index is 0.110. The second kappa shape index (κ2) is 10.0. The van der Waals surface area contributed by atoms with Crippen LogP contribution in [-0.4, -0.2) is 65.2 Å². The molecule has 2 atom stereocenters. The van der Waals surface area contributed by atoms with Crippen molar-refractivity contribution in [3.05, 3.63) is 78.0 Å². The molecule has 1 amide bonds. The Morgan fingerprint density at radius 3 is 2.66 bits per heavy atom. The number of aryl methyl sites for hydroxylation is 1. The van der Waals surface area contributed by atoms with Crippen LogP contribution in [0.3, 0.4) is 0 Å². The van der Waals surface area contributed by atoms with E-state index in [2.05, 4.69) is 57.7 Å². The molecule has 0 saturated carbocycles. The highest BCUT2D eigenvalue weighted by atomic mass is 32.2. The summed E-state index contributed by atoms with van der Waals surface area (Å²) in [6.07, 6.45) is 4.22. The van der Waals surface area contributed by atoms with E-state index in [1.54, 1.807) is 11.8 Å². The molecule has 2 aromatic carbocycles. The number of hydrogen-bond acceptors (Lipinski definition) is 5. The van der Waals surface area contributed by atoms with E-state index in [0.29, 0.717) is 0 Å². The smallest absolute Gasteiger partial charge is 0.240 e. The molecule has 0 spiro atoms. The lowest BCUT2D eigenvalue weighted by Crippen LogP contribution is -2.53. The Morgan fingerprint density at radius 1 is 1.03 bits per heavy atom. The SMILES string of the molecule is O=C(C1CSC(c2cnc3ccccc3c2)N1)N1CCN(CCCc2ccccc2)CC1. The van der Waals surface area contributed by atoms with Crippen LogP contribution in [0.15, 0.2) is 66.9 Å². The molecule has 2 unspecified atom stereocenters. The predicted octanol–water partition coefficient (Wildman–Crippen LogP) is 3.72. The monoisotopic (exact) mass is 446 g/mol. The van der Waals surface area contributed by atoms with Gasteiger partial charge in [-0.1, -0.05) is 48.5 Å². The fourth-order valence-electron chi connectivity index (χ4n) is 4.60. The van der Waals surface area contributed by atoms with Crippen molar-refractivity contribution in [2.45, 2.75) is 24.3 Å². The van der Waals surface area contributed by atoms with Crippen molar-refractivity contribution in [2.24, 2.45) is 0 Å². The second-order valence-electron chi connectivity index (χ2n) is 8.65. The van der Waals surface area contributed by atoms with Gasteiger partial charge in [-0.25, -0.2) is 0 Å². The van der Waals surface area contributed by atoms with Gasteiger partial charge in [-0.05, 0) is 42.6 Å². The summed E-state index contributed by atoms with van der Waals surface area (Å²) in [5.41, 5.74) is 3.56. The number of amides is 1. The zero-order valence-corrected chi connectivity index (χ0v) is 19.1. The number of pyridine rings is 1. The number of nitrogens with zero attached hydrogens (tertiary/aromatic N) is 3. The summed E-state index contributed by atoms with van der Waals surface area (Å²) in [6, 6.07) is 20.9. The van der Waals surface area contributed by atoms with Crippen LogP contribution in [-0.2, 0) is 11.2 Å². The maximum absolute atomic E-state index is 13.1. The summed E-state index contributed by atoms with van der Waals surface area (Å²) < 4.78 is 0.